The number of aromatic nitrogens is 1. The van der Waals surface area contributed by atoms with E-state index in [9.17, 15) is 13.2 Å². The van der Waals surface area contributed by atoms with Gasteiger partial charge in [0.25, 0.3) is 10.0 Å². The van der Waals surface area contributed by atoms with Crippen LogP contribution in [-0.4, -0.2) is 24.5 Å². The molecule has 3 rings (SSSR count). The number of hydrogen-bond acceptors (Lipinski definition) is 5. The molecule has 134 valence electrons. The summed E-state index contributed by atoms with van der Waals surface area (Å²) in [4.78, 5) is 15.3. The van der Waals surface area contributed by atoms with Crippen LogP contribution in [0.2, 0.25) is 5.02 Å². The first-order valence-electron chi connectivity index (χ1n) is 7.34. The van der Waals surface area contributed by atoms with Crippen molar-refractivity contribution < 1.29 is 22.7 Å². The summed E-state index contributed by atoms with van der Waals surface area (Å²) in [5.41, 5.74) is 1.22. The van der Waals surface area contributed by atoms with E-state index in [0.717, 1.165) is 6.07 Å². The molecule has 0 bridgehead atoms. The second kappa shape index (κ2) is 6.81. The fourth-order valence-corrected chi connectivity index (χ4v) is 3.52. The van der Waals surface area contributed by atoms with Crippen molar-refractivity contribution >= 4 is 33.3 Å². The van der Waals surface area contributed by atoms with E-state index >= 15 is 0 Å². The fourth-order valence-electron chi connectivity index (χ4n) is 2.27. The zero-order chi connectivity index (χ0) is 18.9. The van der Waals surface area contributed by atoms with Crippen molar-refractivity contribution in [2.75, 3.05) is 4.72 Å². The van der Waals surface area contributed by atoms with E-state index in [1.807, 2.05) is 0 Å². The number of oxazole rings is 1. The Kier molecular flexibility index (Phi) is 4.71. The van der Waals surface area contributed by atoms with Crippen LogP contribution in [0.25, 0.3) is 11.3 Å². The lowest BCUT2D eigenvalue weighted by atomic mass is 10.2. The van der Waals surface area contributed by atoms with Gasteiger partial charge in [0.1, 0.15) is 12.0 Å². The molecule has 26 heavy (non-hydrogen) atoms. The molecule has 0 atom stereocenters. The molecule has 0 amide bonds. The Bertz CT molecular complexity index is 1070. The highest BCUT2D eigenvalue weighted by atomic mass is 35.5. The van der Waals surface area contributed by atoms with Gasteiger partial charge in [0, 0.05) is 18.2 Å². The second-order valence-corrected chi connectivity index (χ2v) is 7.47. The third-order valence-electron chi connectivity index (χ3n) is 3.53. The third-order valence-corrected chi connectivity index (χ3v) is 5.26. The van der Waals surface area contributed by atoms with Crippen LogP contribution in [0.4, 0.5) is 5.69 Å². The van der Waals surface area contributed by atoms with Gasteiger partial charge in [-0.1, -0.05) is 23.7 Å². The molecule has 1 aromatic heterocycles. The molecular formula is C17H13ClN2O5S. The summed E-state index contributed by atoms with van der Waals surface area (Å²) in [6, 6.07) is 9.94. The average Bonchev–Trinajstić information content (AvgIpc) is 3.03. The number of carboxylic acids is 1. The van der Waals surface area contributed by atoms with Gasteiger partial charge in [0.05, 0.1) is 15.5 Å². The first-order valence-corrected chi connectivity index (χ1v) is 9.20. The highest BCUT2D eigenvalue weighted by Crippen LogP contribution is 2.24. The van der Waals surface area contributed by atoms with E-state index in [0.29, 0.717) is 17.1 Å². The fraction of sp³-hybridized carbons (Fsp3) is 0.0588. The van der Waals surface area contributed by atoms with Crippen LogP contribution in [0.5, 0.6) is 0 Å². The number of halogens is 1. The van der Waals surface area contributed by atoms with Crippen LogP contribution in [0.3, 0.4) is 0 Å². The predicted molar refractivity (Wildman–Crippen MR) is 95.9 cm³/mol. The summed E-state index contributed by atoms with van der Waals surface area (Å²) in [5.74, 6) is -0.737. The second-order valence-electron chi connectivity index (χ2n) is 5.38. The van der Waals surface area contributed by atoms with Crippen molar-refractivity contribution in [1.82, 2.24) is 4.98 Å². The van der Waals surface area contributed by atoms with Crippen LogP contribution in [0.1, 0.15) is 16.2 Å². The maximum Gasteiger partial charge on any atom is 0.337 e. The zero-order valence-corrected chi connectivity index (χ0v) is 15.0. The lowest BCUT2D eigenvalue weighted by Gasteiger charge is -2.10. The average molecular weight is 393 g/mol. The maximum atomic E-state index is 12.5. The van der Waals surface area contributed by atoms with Gasteiger partial charge in [-0.3, -0.25) is 4.72 Å². The van der Waals surface area contributed by atoms with Gasteiger partial charge in [-0.25, -0.2) is 18.2 Å². The lowest BCUT2D eigenvalue weighted by molar-refractivity contribution is 0.0697. The van der Waals surface area contributed by atoms with Crippen LogP contribution < -0.4 is 4.72 Å². The molecule has 9 heteroatoms. The molecule has 0 aliphatic rings. The van der Waals surface area contributed by atoms with Gasteiger partial charge >= 0.3 is 5.97 Å². The minimum absolute atomic E-state index is 0.0210. The highest BCUT2D eigenvalue weighted by Gasteiger charge is 2.17. The van der Waals surface area contributed by atoms with Crippen molar-refractivity contribution in [3.63, 3.8) is 0 Å². The minimum Gasteiger partial charge on any atom is -0.478 e. The number of rotatable bonds is 5. The van der Waals surface area contributed by atoms with Crippen molar-refractivity contribution in [2.45, 2.75) is 11.8 Å². The van der Waals surface area contributed by atoms with Crippen LogP contribution in [-0.2, 0) is 10.0 Å². The monoisotopic (exact) mass is 392 g/mol. The number of carbonyl (C=O) groups is 1. The van der Waals surface area contributed by atoms with Gasteiger partial charge in [-0.15, -0.1) is 0 Å². The lowest BCUT2D eigenvalue weighted by Crippen LogP contribution is -2.13. The maximum absolute atomic E-state index is 12.5. The molecule has 0 aliphatic carbocycles. The number of benzene rings is 2. The zero-order valence-electron chi connectivity index (χ0n) is 13.4. The number of nitrogens with zero attached hydrogens (tertiary/aromatic N) is 1. The molecular weight excluding hydrogens is 380 g/mol. The predicted octanol–water partition coefficient (Wildman–Crippen LogP) is 3.80. The van der Waals surface area contributed by atoms with Crippen LogP contribution >= 0.6 is 11.6 Å². The van der Waals surface area contributed by atoms with E-state index in [2.05, 4.69) is 9.71 Å². The standard InChI is InChI=1S/C17H13ClN2O5S/c1-10-19-16(9-25-10)11-2-5-13(6-3-11)26(23,24)20-12-4-7-15(18)14(8-12)17(21)22/h2-9,20H,1H3,(H,21,22). The molecule has 3 aromatic rings. The molecule has 0 fully saturated rings. The third kappa shape index (κ3) is 3.71. The molecule has 2 aromatic carbocycles. The number of nitrogens with one attached hydrogen (secondary N) is 1. The Labute approximate surface area is 154 Å². The number of carboxylic acid groups (broad SMARTS) is 1. The Hall–Kier alpha value is -2.84. The van der Waals surface area contributed by atoms with Crippen LogP contribution in [0, 0.1) is 6.92 Å². The summed E-state index contributed by atoms with van der Waals surface area (Å²) in [5, 5.41) is 9.09. The summed E-state index contributed by atoms with van der Waals surface area (Å²) in [6.45, 7) is 1.71. The van der Waals surface area contributed by atoms with E-state index < -0.39 is 16.0 Å². The number of aryl methyl sites for hydroxylation is 1. The van der Waals surface area contributed by atoms with Crippen molar-refractivity contribution in [1.29, 1.82) is 0 Å². The van der Waals surface area contributed by atoms with E-state index in [1.54, 1.807) is 19.1 Å². The molecule has 0 saturated carbocycles. The van der Waals surface area contributed by atoms with Gasteiger partial charge in [-0.05, 0) is 30.3 Å². The number of hydrogen-bond donors (Lipinski definition) is 2. The van der Waals surface area contributed by atoms with Gasteiger partial charge in [-0.2, -0.15) is 0 Å². The Morgan fingerprint density at radius 3 is 2.46 bits per heavy atom. The summed E-state index contributed by atoms with van der Waals surface area (Å²) in [6.07, 6.45) is 1.48. The first kappa shape index (κ1) is 18.0. The Morgan fingerprint density at radius 1 is 1.19 bits per heavy atom. The molecule has 0 radical (unpaired) electrons. The van der Waals surface area contributed by atoms with Gasteiger partial charge in [0.15, 0.2) is 5.89 Å². The number of sulfonamides is 1. The summed E-state index contributed by atoms with van der Waals surface area (Å²) in [7, 11) is -3.89. The SMILES string of the molecule is Cc1nc(-c2ccc(S(=O)(=O)Nc3ccc(Cl)c(C(=O)O)c3)cc2)co1. The topological polar surface area (TPSA) is 110 Å². The van der Waals surface area contributed by atoms with Crippen molar-refractivity contribution in [3.05, 3.63) is 65.2 Å². The number of aromatic carboxylic acids is 1. The molecule has 0 unspecified atom stereocenters. The molecule has 0 aliphatic heterocycles. The Balaban J connectivity index is 1.86. The first-order chi connectivity index (χ1) is 12.3. The van der Waals surface area contributed by atoms with Crippen LogP contribution in [0.15, 0.2) is 58.0 Å². The molecule has 7 nitrogen and oxygen atoms in total. The van der Waals surface area contributed by atoms with E-state index in [1.165, 1.54) is 30.5 Å². The summed E-state index contributed by atoms with van der Waals surface area (Å²) >= 11 is 5.79. The summed E-state index contributed by atoms with van der Waals surface area (Å²) < 4.78 is 32.5. The van der Waals surface area contributed by atoms with E-state index in [4.69, 9.17) is 21.1 Å². The van der Waals surface area contributed by atoms with Gasteiger partial charge in [0.2, 0.25) is 0 Å². The normalized spacial score (nSPS) is 11.3. The van der Waals surface area contributed by atoms with Crippen molar-refractivity contribution in [2.24, 2.45) is 0 Å². The molecule has 0 saturated heterocycles. The quantitative estimate of drug-likeness (QED) is 0.683. The van der Waals surface area contributed by atoms with Crippen molar-refractivity contribution in [3.8, 4) is 11.3 Å². The smallest absolute Gasteiger partial charge is 0.337 e. The molecule has 1 heterocycles. The number of anilines is 1. The minimum atomic E-state index is -3.89. The Morgan fingerprint density at radius 2 is 1.88 bits per heavy atom. The van der Waals surface area contributed by atoms with E-state index in [-0.39, 0.29) is 21.2 Å². The molecule has 0 spiro atoms. The highest BCUT2D eigenvalue weighted by molar-refractivity contribution is 7.92. The van der Waals surface area contributed by atoms with Gasteiger partial charge < -0.3 is 9.52 Å². The molecule has 2 N–H and O–H groups in total. The largest absolute Gasteiger partial charge is 0.478 e.